The number of nitrogen functional groups attached to an aromatic ring is 1. The standard InChI is InChI=1S/C15H19N3O3/c1-18-15(16)12(8-17-18)10-3-4-13(14(7-10)19-2)21-11-5-6-20-9-11/h3-4,7-8,11H,5-6,9,16H2,1-2H3. The van der Waals surface area contributed by atoms with Crippen molar-refractivity contribution < 1.29 is 14.2 Å². The van der Waals surface area contributed by atoms with E-state index in [0.29, 0.717) is 18.2 Å². The van der Waals surface area contributed by atoms with Gasteiger partial charge in [0.15, 0.2) is 11.5 Å². The lowest BCUT2D eigenvalue weighted by Crippen LogP contribution is -2.16. The van der Waals surface area contributed by atoms with E-state index in [0.717, 1.165) is 29.9 Å². The predicted octanol–water partition coefficient (Wildman–Crippen LogP) is 1.85. The summed E-state index contributed by atoms with van der Waals surface area (Å²) in [5.74, 6) is 2.02. The molecule has 1 aliphatic heterocycles. The van der Waals surface area contributed by atoms with E-state index in [1.54, 1.807) is 18.0 Å². The second-order valence-corrected chi connectivity index (χ2v) is 5.04. The highest BCUT2D eigenvalue weighted by molar-refractivity contribution is 5.75. The van der Waals surface area contributed by atoms with Gasteiger partial charge in [0.25, 0.3) is 0 Å². The van der Waals surface area contributed by atoms with Crippen LogP contribution in [0, 0.1) is 0 Å². The molecule has 2 N–H and O–H groups in total. The van der Waals surface area contributed by atoms with Crippen LogP contribution in [0.1, 0.15) is 6.42 Å². The minimum atomic E-state index is 0.0909. The highest BCUT2D eigenvalue weighted by atomic mass is 16.6. The largest absolute Gasteiger partial charge is 0.493 e. The quantitative estimate of drug-likeness (QED) is 0.930. The summed E-state index contributed by atoms with van der Waals surface area (Å²) in [7, 11) is 3.44. The van der Waals surface area contributed by atoms with Gasteiger partial charge in [0.1, 0.15) is 11.9 Å². The lowest BCUT2D eigenvalue weighted by atomic mass is 10.1. The molecule has 3 rings (SSSR count). The zero-order valence-electron chi connectivity index (χ0n) is 12.2. The molecule has 21 heavy (non-hydrogen) atoms. The Kier molecular flexibility index (Phi) is 3.70. The first-order chi connectivity index (χ1) is 10.2. The van der Waals surface area contributed by atoms with E-state index in [9.17, 15) is 0 Å². The monoisotopic (exact) mass is 289 g/mol. The fourth-order valence-corrected chi connectivity index (χ4v) is 2.39. The van der Waals surface area contributed by atoms with Gasteiger partial charge in [0.2, 0.25) is 0 Å². The third-order valence-corrected chi connectivity index (χ3v) is 3.64. The maximum atomic E-state index is 6.01. The van der Waals surface area contributed by atoms with Crippen molar-refractivity contribution in [3.63, 3.8) is 0 Å². The second-order valence-electron chi connectivity index (χ2n) is 5.04. The van der Waals surface area contributed by atoms with Crippen LogP contribution < -0.4 is 15.2 Å². The third-order valence-electron chi connectivity index (χ3n) is 3.64. The first-order valence-corrected chi connectivity index (χ1v) is 6.89. The molecule has 6 heteroatoms. The molecule has 112 valence electrons. The van der Waals surface area contributed by atoms with Crippen molar-refractivity contribution in [2.45, 2.75) is 12.5 Å². The Morgan fingerprint density at radius 3 is 2.86 bits per heavy atom. The zero-order valence-corrected chi connectivity index (χ0v) is 12.2. The topological polar surface area (TPSA) is 71.5 Å². The molecule has 0 amide bonds. The smallest absolute Gasteiger partial charge is 0.161 e. The lowest BCUT2D eigenvalue weighted by Gasteiger charge is -2.15. The number of benzene rings is 1. The van der Waals surface area contributed by atoms with Crippen LogP contribution in [0.4, 0.5) is 5.82 Å². The van der Waals surface area contributed by atoms with Gasteiger partial charge in [-0.05, 0) is 17.7 Å². The highest BCUT2D eigenvalue weighted by Gasteiger charge is 2.19. The maximum absolute atomic E-state index is 6.01. The number of aromatic nitrogens is 2. The van der Waals surface area contributed by atoms with Crippen LogP contribution in [0.2, 0.25) is 0 Å². The summed E-state index contributed by atoms with van der Waals surface area (Å²) in [6.07, 6.45) is 2.74. The Morgan fingerprint density at radius 2 is 2.24 bits per heavy atom. The van der Waals surface area contributed by atoms with Crippen LogP contribution in [0.25, 0.3) is 11.1 Å². The molecule has 1 saturated heterocycles. The van der Waals surface area contributed by atoms with E-state index in [1.165, 1.54) is 0 Å². The second kappa shape index (κ2) is 5.65. The number of hydrogen-bond donors (Lipinski definition) is 1. The molecule has 1 fully saturated rings. The zero-order chi connectivity index (χ0) is 14.8. The van der Waals surface area contributed by atoms with E-state index < -0.39 is 0 Å². The number of anilines is 1. The minimum Gasteiger partial charge on any atom is -0.493 e. The molecule has 0 bridgehead atoms. The van der Waals surface area contributed by atoms with Gasteiger partial charge in [-0.3, -0.25) is 4.68 Å². The van der Waals surface area contributed by atoms with Crippen molar-refractivity contribution in [3.05, 3.63) is 24.4 Å². The number of methoxy groups -OCH3 is 1. The number of aryl methyl sites for hydroxylation is 1. The average Bonchev–Trinajstić information content (AvgIpc) is 3.11. The van der Waals surface area contributed by atoms with Gasteiger partial charge >= 0.3 is 0 Å². The van der Waals surface area contributed by atoms with Crippen molar-refractivity contribution in [2.24, 2.45) is 7.05 Å². The molecule has 1 aromatic heterocycles. The molecule has 0 radical (unpaired) electrons. The Bertz CT molecular complexity index is 633. The van der Waals surface area contributed by atoms with E-state index >= 15 is 0 Å². The molecule has 1 aromatic carbocycles. The van der Waals surface area contributed by atoms with Crippen LogP contribution in [0.15, 0.2) is 24.4 Å². The molecule has 1 aliphatic rings. The number of nitrogens with zero attached hydrogens (tertiary/aromatic N) is 2. The minimum absolute atomic E-state index is 0.0909. The first kappa shape index (κ1) is 13.8. The molecule has 1 unspecified atom stereocenters. The van der Waals surface area contributed by atoms with Gasteiger partial charge < -0.3 is 19.9 Å². The van der Waals surface area contributed by atoms with Crippen molar-refractivity contribution in [1.29, 1.82) is 0 Å². The summed E-state index contributed by atoms with van der Waals surface area (Å²) in [4.78, 5) is 0. The lowest BCUT2D eigenvalue weighted by molar-refractivity contribution is 0.138. The van der Waals surface area contributed by atoms with Crippen molar-refractivity contribution in [1.82, 2.24) is 9.78 Å². The maximum Gasteiger partial charge on any atom is 0.161 e. The molecular formula is C15H19N3O3. The van der Waals surface area contributed by atoms with Gasteiger partial charge in [-0.15, -0.1) is 0 Å². The molecule has 0 spiro atoms. The Labute approximate surface area is 123 Å². The van der Waals surface area contributed by atoms with Crippen LogP contribution in [-0.4, -0.2) is 36.2 Å². The predicted molar refractivity (Wildman–Crippen MR) is 79.5 cm³/mol. The normalized spacial score (nSPS) is 17.9. The van der Waals surface area contributed by atoms with E-state index in [2.05, 4.69) is 5.10 Å². The third kappa shape index (κ3) is 2.67. The van der Waals surface area contributed by atoms with Gasteiger partial charge in [-0.1, -0.05) is 6.07 Å². The Morgan fingerprint density at radius 1 is 1.38 bits per heavy atom. The van der Waals surface area contributed by atoms with Crippen LogP contribution in [-0.2, 0) is 11.8 Å². The van der Waals surface area contributed by atoms with Crippen LogP contribution in [0.3, 0.4) is 0 Å². The molecule has 2 heterocycles. The van der Waals surface area contributed by atoms with Gasteiger partial charge in [-0.25, -0.2) is 0 Å². The highest BCUT2D eigenvalue weighted by Crippen LogP contribution is 2.35. The number of ether oxygens (including phenoxy) is 3. The number of hydrogen-bond acceptors (Lipinski definition) is 5. The molecular weight excluding hydrogens is 270 g/mol. The van der Waals surface area contributed by atoms with Crippen LogP contribution in [0.5, 0.6) is 11.5 Å². The molecule has 0 saturated carbocycles. The summed E-state index contributed by atoms with van der Waals surface area (Å²) in [5.41, 5.74) is 7.84. The summed E-state index contributed by atoms with van der Waals surface area (Å²) >= 11 is 0. The van der Waals surface area contributed by atoms with Gasteiger partial charge in [-0.2, -0.15) is 5.10 Å². The fraction of sp³-hybridized carbons (Fsp3) is 0.400. The van der Waals surface area contributed by atoms with E-state index in [4.69, 9.17) is 19.9 Å². The Balaban J connectivity index is 1.89. The van der Waals surface area contributed by atoms with E-state index in [-0.39, 0.29) is 6.10 Å². The van der Waals surface area contributed by atoms with Gasteiger partial charge in [0.05, 0.1) is 26.5 Å². The van der Waals surface area contributed by atoms with Crippen LogP contribution >= 0.6 is 0 Å². The first-order valence-electron chi connectivity index (χ1n) is 6.89. The number of rotatable bonds is 4. The van der Waals surface area contributed by atoms with E-state index in [1.807, 2.05) is 25.2 Å². The molecule has 2 aromatic rings. The SMILES string of the molecule is COc1cc(-c2cnn(C)c2N)ccc1OC1CCOC1. The molecule has 0 aliphatic carbocycles. The molecule has 1 atom stereocenters. The average molecular weight is 289 g/mol. The Hall–Kier alpha value is -2.21. The van der Waals surface area contributed by atoms with Crippen molar-refractivity contribution >= 4 is 5.82 Å². The molecule has 6 nitrogen and oxygen atoms in total. The van der Waals surface area contributed by atoms with Crippen molar-refractivity contribution in [3.8, 4) is 22.6 Å². The number of nitrogens with two attached hydrogens (primary N) is 1. The fourth-order valence-electron chi connectivity index (χ4n) is 2.39. The summed E-state index contributed by atoms with van der Waals surface area (Å²) < 4.78 is 18.3. The summed E-state index contributed by atoms with van der Waals surface area (Å²) in [5, 5.41) is 4.16. The van der Waals surface area contributed by atoms with Crippen molar-refractivity contribution in [2.75, 3.05) is 26.1 Å². The van der Waals surface area contributed by atoms with Gasteiger partial charge in [0, 0.05) is 19.0 Å². The summed E-state index contributed by atoms with van der Waals surface area (Å²) in [6, 6.07) is 5.78. The summed E-state index contributed by atoms with van der Waals surface area (Å²) in [6.45, 7) is 1.37.